The number of benzene rings is 1. The van der Waals surface area contributed by atoms with Crippen molar-refractivity contribution in [2.45, 2.75) is 11.4 Å². The Morgan fingerprint density at radius 1 is 1.39 bits per heavy atom. The zero-order valence-electron chi connectivity index (χ0n) is 12.6. The molecule has 1 heterocycles. The molecule has 2 rings (SSSR count). The quantitative estimate of drug-likeness (QED) is 0.456. The van der Waals surface area contributed by atoms with Gasteiger partial charge in [-0.15, -0.1) is 0 Å². The molecular weight excluding hydrogens is 322 g/mol. The van der Waals surface area contributed by atoms with Crippen LogP contribution in [0.3, 0.4) is 0 Å². The van der Waals surface area contributed by atoms with Gasteiger partial charge in [-0.3, -0.25) is 9.32 Å². The number of carbonyl (C=O) groups excluding carboxylic acids is 2. The highest BCUT2D eigenvalue weighted by Gasteiger charge is 2.18. The zero-order valence-corrected chi connectivity index (χ0v) is 13.4. The van der Waals surface area contributed by atoms with Crippen molar-refractivity contribution in [1.29, 1.82) is 0 Å². The SMILES string of the molecule is COC(=O)c1ccccc1NC(=O)CCSc1c(=O)o[nH][n+]1C. The van der Waals surface area contributed by atoms with E-state index in [1.807, 2.05) is 0 Å². The molecule has 0 aliphatic rings. The smallest absolute Gasteiger partial charge is 0.441 e. The summed E-state index contributed by atoms with van der Waals surface area (Å²) in [5.74, 6) is -0.397. The summed E-state index contributed by atoms with van der Waals surface area (Å²) < 4.78 is 10.7. The molecule has 2 aromatic rings. The van der Waals surface area contributed by atoms with Crippen molar-refractivity contribution in [3.8, 4) is 0 Å². The van der Waals surface area contributed by atoms with Crippen molar-refractivity contribution < 1.29 is 23.5 Å². The monoisotopic (exact) mass is 338 g/mol. The van der Waals surface area contributed by atoms with Gasteiger partial charge in [0.2, 0.25) is 5.91 Å². The maximum absolute atomic E-state index is 12.0. The molecule has 0 atom stereocenters. The van der Waals surface area contributed by atoms with Crippen molar-refractivity contribution in [2.24, 2.45) is 7.05 Å². The second-order valence-corrected chi connectivity index (χ2v) is 5.61. The van der Waals surface area contributed by atoms with E-state index < -0.39 is 11.6 Å². The molecule has 23 heavy (non-hydrogen) atoms. The number of esters is 1. The first kappa shape index (κ1) is 16.8. The van der Waals surface area contributed by atoms with Crippen LogP contribution in [0.2, 0.25) is 0 Å². The average molecular weight is 338 g/mol. The molecule has 1 aromatic heterocycles. The summed E-state index contributed by atoms with van der Waals surface area (Å²) in [5, 5.41) is 5.45. The number of ether oxygens (including phenoxy) is 1. The number of hydrogen-bond donors (Lipinski definition) is 2. The largest absolute Gasteiger partial charge is 0.465 e. The number of nitrogens with zero attached hydrogens (tertiary/aromatic N) is 1. The van der Waals surface area contributed by atoms with E-state index in [0.29, 0.717) is 16.5 Å². The molecule has 0 fully saturated rings. The highest BCUT2D eigenvalue weighted by molar-refractivity contribution is 7.99. The minimum atomic E-state index is -0.521. The number of amides is 1. The van der Waals surface area contributed by atoms with Crippen molar-refractivity contribution >= 4 is 29.3 Å². The number of aromatic nitrogens is 2. The van der Waals surface area contributed by atoms with Crippen LogP contribution in [0.1, 0.15) is 16.8 Å². The molecule has 0 spiro atoms. The number of hydrogen-bond acceptors (Lipinski definition) is 6. The van der Waals surface area contributed by atoms with Gasteiger partial charge >= 0.3 is 16.6 Å². The van der Waals surface area contributed by atoms with Gasteiger partial charge < -0.3 is 10.1 Å². The van der Waals surface area contributed by atoms with E-state index in [9.17, 15) is 14.4 Å². The van der Waals surface area contributed by atoms with Crippen LogP contribution in [0.25, 0.3) is 0 Å². The summed E-state index contributed by atoms with van der Waals surface area (Å²) in [4.78, 5) is 35.0. The number of rotatable bonds is 6. The minimum Gasteiger partial charge on any atom is -0.465 e. The van der Waals surface area contributed by atoms with Crippen LogP contribution in [0.5, 0.6) is 0 Å². The van der Waals surface area contributed by atoms with E-state index in [-0.39, 0.29) is 17.9 Å². The maximum Gasteiger partial charge on any atom is 0.441 e. The Balaban J connectivity index is 1.93. The Hall–Kier alpha value is -2.55. The molecule has 2 N–H and O–H groups in total. The van der Waals surface area contributed by atoms with Crippen molar-refractivity contribution in [1.82, 2.24) is 5.27 Å². The first-order chi connectivity index (χ1) is 11.0. The number of aryl methyl sites for hydroxylation is 1. The van der Waals surface area contributed by atoms with E-state index in [2.05, 4.69) is 19.8 Å². The fourth-order valence-electron chi connectivity index (χ4n) is 1.82. The fraction of sp³-hybridized carbons (Fsp3) is 0.286. The predicted octanol–water partition coefficient (Wildman–Crippen LogP) is 0.700. The van der Waals surface area contributed by atoms with Gasteiger partial charge in [-0.05, 0) is 29.2 Å². The molecule has 0 aliphatic carbocycles. The average Bonchev–Trinajstić information content (AvgIpc) is 2.86. The van der Waals surface area contributed by atoms with Gasteiger partial charge in [-0.2, -0.15) is 0 Å². The van der Waals surface area contributed by atoms with Crippen LogP contribution in [-0.2, 0) is 16.6 Å². The van der Waals surface area contributed by atoms with Gasteiger partial charge in [0.05, 0.1) is 18.4 Å². The Bertz CT molecular complexity index is 768. The van der Waals surface area contributed by atoms with E-state index in [1.54, 1.807) is 31.3 Å². The number of H-pyrrole nitrogens is 1. The van der Waals surface area contributed by atoms with Crippen LogP contribution >= 0.6 is 11.8 Å². The lowest BCUT2D eigenvalue weighted by Gasteiger charge is -2.09. The number of aromatic amines is 1. The number of nitrogens with one attached hydrogen (secondary N) is 2. The molecule has 9 heteroatoms. The summed E-state index contributed by atoms with van der Waals surface area (Å²) in [6.45, 7) is 0. The lowest BCUT2D eigenvalue weighted by atomic mass is 10.2. The van der Waals surface area contributed by atoms with Crippen molar-refractivity contribution in [3.63, 3.8) is 0 Å². The van der Waals surface area contributed by atoms with Gasteiger partial charge in [0.15, 0.2) is 7.05 Å². The molecule has 1 aromatic carbocycles. The second kappa shape index (κ2) is 7.63. The molecule has 0 radical (unpaired) electrons. The molecule has 0 saturated carbocycles. The molecule has 0 aliphatic heterocycles. The van der Waals surface area contributed by atoms with Crippen molar-refractivity contribution in [2.75, 3.05) is 18.2 Å². The first-order valence-corrected chi connectivity index (χ1v) is 7.69. The van der Waals surface area contributed by atoms with E-state index in [0.717, 1.165) is 0 Å². The Kier molecular flexibility index (Phi) is 5.58. The topological polar surface area (TPSA) is 105 Å². The molecular formula is C14H16N3O5S+. The highest BCUT2D eigenvalue weighted by atomic mass is 32.2. The number of methoxy groups -OCH3 is 1. The van der Waals surface area contributed by atoms with E-state index >= 15 is 0 Å². The molecule has 1 amide bonds. The summed E-state index contributed by atoms with van der Waals surface area (Å²) >= 11 is 1.21. The van der Waals surface area contributed by atoms with Gasteiger partial charge in [-0.25, -0.2) is 9.59 Å². The third kappa shape index (κ3) is 4.22. The lowest BCUT2D eigenvalue weighted by Crippen LogP contribution is -2.33. The highest BCUT2D eigenvalue weighted by Crippen LogP contribution is 2.17. The predicted molar refractivity (Wildman–Crippen MR) is 82.3 cm³/mol. The minimum absolute atomic E-state index is 0.171. The standard InChI is InChI=1S/C14H15N3O5S/c1-17-12(14(20)22-16-17)23-8-7-11(18)15-10-6-4-3-5-9(10)13(19)21-2/h3-6H,7-8H2,1-2H3,(H-,15,16,18,19,20)/p+1. The number of para-hydroxylation sites is 1. The van der Waals surface area contributed by atoms with Crippen LogP contribution in [0.15, 0.2) is 38.6 Å². The van der Waals surface area contributed by atoms with Crippen LogP contribution in [0.4, 0.5) is 5.69 Å². The summed E-state index contributed by atoms with van der Waals surface area (Å²) in [7, 11) is 2.92. The Morgan fingerprint density at radius 2 is 2.13 bits per heavy atom. The van der Waals surface area contributed by atoms with Gasteiger partial charge in [-0.1, -0.05) is 16.8 Å². The van der Waals surface area contributed by atoms with Gasteiger partial charge in [0.1, 0.15) is 0 Å². The van der Waals surface area contributed by atoms with Crippen LogP contribution in [-0.4, -0.2) is 30.0 Å². The van der Waals surface area contributed by atoms with Crippen LogP contribution in [0, 0.1) is 0 Å². The molecule has 122 valence electrons. The van der Waals surface area contributed by atoms with Crippen LogP contribution < -0.4 is 15.6 Å². The fourth-order valence-corrected chi connectivity index (χ4v) is 2.69. The number of anilines is 1. The zero-order chi connectivity index (χ0) is 16.8. The van der Waals surface area contributed by atoms with Gasteiger partial charge in [0, 0.05) is 12.2 Å². The Labute approximate surface area is 135 Å². The third-order valence-corrected chi connectivity index (χ3v) is 4.05. The second-order valence-electron chi connectivity index (χ2n) is 4.53. The maximum atomic E-state index is 12.0. The van der Waals surface area contributed by atoms with Crippen molar-refractivity contribution in [3.05, 3.63) is 40.2 Å². The number of thioether (sulfide) groups is 1. The third-order valence-electron chi connectivity index (χ3n) is 2.93. The summed E-state index contributed by atoms with van der Waals surface area (Å²) in [5.41, 5.74) is 0.198. The lowest BCUT2D eigenvalue weighted by molar-refractivity contribution is -0.772. The first-order valence-electron chi connectivity index (χ1n) is 6.70. The summed E-state index contributed by atoms with van der Waals surface area (Å²) in [6.07, 6.45) is 0.171. The summed E-state index contributed by atoms with van der Waals surface area (Å²) in [6, 6.07) is 6.59. The molecule has 0 unspecified atom stereocenters. The normalized spacial score (nSPS) is 10.3. The number of carbonyl (C=O) groups is 2. The van der Waals surface area contributed by atoms with E-state index in [4.69, 9.17) is 0 Å². The Morgan fingerprint density at radius 3 is 2.78 bits per heavy atom. The molecule has 0 saturated heterocycles. The molecule has 0 bridgehead atoms. The van der Waals surface area contributed by atoms with E-state index in [1.165, 1.54) is 23.6 Å². The molecule has 8 nitrogen and oxygen atoms in total. The van der Waals surface area contributed by atoms with Gasteiger partial charge in [0.25, 0.3) is 0 Å².